The van der Waals surface area contributed by atoms with Crippen LogP contribution in [0.4, 0.5) is 5.82 Å². The van der Waals surface area contributed by atoms with Crippen LogP contribution < -0.4 is 4.90 Å². The van der Waals surface area contributed by atoms with Crippen molar-refractivity contribution in [3.63, 3.8) is 0 Å². The van der Waals surface area contributed by atoms with Crippen LogP contribution in [0.1, 0.15) is 19.3 Å². The zero-order chi connectivity index (χ0) is 13.2. The summed E-state index contributed by atoms with van der Waals surface area (Å²) in [5, 5.41) is 9.91. The average molecular weight is 278 g/mol. The molecule has 0 aliphatic carbocycles. The molecular formula is C14H16ClN3O. The summed E-state index contributed by atoms with van der Waals surface area (Å²) in [6.07, 6.45) is 3.21. The first-order chi connectivity index (χ1) is 9.29. The molecule has 1 aliphatic rings. The van der Waals surface area contributed by atoms with Gasteiger partial charge in [0, 0.05) is 6.54 Å². The lowest BCUT2D eigenvalue weighted by atomic mass is 10.0. The average Bonchev–Trinajstić information content (AvgIpc) is 2.46. The normalized spacial score (nSPS) is 19.9. The van der Waals surface area contributed by atoms with Crippen molar-refractivity contribution in [3.8, 4) is 0 Å². The Morgan fingerprint density at radius 2 is 1.95 bits per heavy atom. The molecule has 4 nitrogen and oxygen atoms in total. The van der Waals surface area contributed by atoms with Gasteiger partial charge < -0.3 is 10.0 Å². The molecule has 1 saturated heterocycles. The van der Waals surface area contributed by atoms with E-state index >= 15 is 0 Å². The van der Waals surface area contributed by atoms with Gasteiger partial charge in [0.1, 0.15) is 0 Å². The first-order valence-corrected chi connectivity index (χ1v) is 6.97. The van der Waals surface area contributed by atoms with E-state index in [-0.39, 0.29) is 12.6 Å². The molecule has 0 amide bonds. The largest absolute Gasteiger partial charge is 0.394 e. The maximum Gasteiger partial charge on any atom is 0.172 e. The Bertz CT molecular complexity index is 590. The molecule has 2 heterocycles. The van der Waals surface area contributed by atoms with Crippen LogP contribution in [0.15, 0.2) is 24.3 Å². The summed E-state index contributed by atoms with van der Waals surface area (Å²) < 4.78 is 0. The number of hydrogen-bond donors (Lipinski definition) is 1. The van der Waals surface area contributed by atoms with Gasteiger partial charge in [-0.1, -0.05) is 23.7 Å². The molecule has 1 atom stereocenters. The van der Waals surface area contributed by atoms with E-state index in [9.17, 15) is 5.11 Å². The van der Waals surface area contributed by atoms with E-state index in [2.05, 4.69) is 14.9 Å². The second-order valence-corrected chi connectivity index (χ2v) is 5.21. The predicted octanol–water partition coefficient (Wildman–Crippen LogP) is 2.63. The lowest BCUT2D eigenvalue weighted by molar-refractivity contribution is 0.239. The van der Waals surface area contributed by atoms with E-state index < -0.39 is 0 Å². The summed E-state index contributed by atoms with van der Waals surface area (Å²) in [5.41, 5.74) is 1.64. The molecule has 1 aromatic heterocycles. The highest BCUT2D eigenvalue weighted by molar-refractivity contribution is 6.32. The van der Waals surface area contributed by atoms with Crippen molar-refractivity contribution in [1.82, 2.24) is 9.97 Å². The van der Waals surface area contributed by atoms with Gasteiger partial charge in [-0.2, -0.15) is 0 Å². The number of fused-ring (bicyclic) bond motifs is 1. The molecule has 100 valence electrons. The van der Waals surface area contributed by atoms with Crippen molar-refractivity contribution in [3.05, 3.63) is 29.4 Å². The van der Waals surface area contributed by atoms with Crippen LogP contribution in [-0.2, 0) is 0 Å². The van der Waals surface area contributed by atoms with Gasteiger partial charge in [0.05, 0.1) is 23.7 Å². The van der Waals surface area contributed by atoms with Crippen molar-refractivity contribution in [2.24, 2.45) is 0 Å². The standard InChI is InChI=1S/C14H16ClN3O/c15-13-14(18-8-4-3-5-10(18)9-19)17-12-7-2-1-6-11(12)16-13/h1-2,6-7,10,19H,3-5,8-9H2/t10-/m0/s1. The minimum absolute atomic E-state index is 0.0988. The van der Waals surface area contributed by atoms with Crippen molar-refractivity contribution in [1.29, 1.82) is 0 Å². The van der Waals surface area contributed by atoms with E-state index in [4.69, 9.17) is 11.6 Å². The summed E-state index contributed by atoms with van der Waals surface area (Å²) in [4.78, 5) is 11.1. The molecule has 0 radical (unpaired) electrons. The van der Waals surface area contributed by atoms with Gasteiger partial charge in [0.2, 0.25) is 0 Å². The van der Waals surface area contributed by atoms with Crippen LogP contribution >= 0.6 is 11.6 Å². The second-order valence-electron chi connectivity index (χ2n) is 4.85. The van der Waals surface area contributed by atoms with E-state index in [1.54, 1.807) is 0 Å². The molecule has 0 bridgehead atoms. The smallest absolute Gasteiger partial charge is 0.172 e. The highest BCUT2D eigenvalue weighted by atomic mass is 35.5. The van der Waals surface area contributed by atoms with E-state index in [0.29, 0.717) is 11.0 Å². The maximum absolute atomic E-state index is 9.49. The van der Waals surface area contributed by atoms with Crippen LogP contribution in [0.3, 0.4) is 0 Å². The first-order valence-electron chi connectivity index (χ1n) is 6.59. The van der Waals surface area contributed by atoms with Gasteiger partial charge in [0.15, 0.2) is 11.0 Å². The summed E-state index contributed by atoms with van der Waals surface area (Å²) >= 11 is 6.26. The zero-order valence-corrected chi connectivity index (χ0v) is 11.3. The molecule has 19 heavy (non-hydrogen) atoms. The molecule has 0 spiro atoms. The molecule has 1 N–H and O–H groups in total. The lowest BCUT2D eigenvalue weighted by Gasteiger charge is -2.35. The van der Waals surface area contributed by atoms with Crippen molar-refractivity contribution in [2.75, 3.05) is 18.1 Å². The van der Waals surface area contributed by atoms with Crippen LogP contribution in [-0.4, -0.2) is 34.3 Å². The topological polar surface area (TPSA) is 49.2 Å². The molecule has 1 aromatic carbocycles. The first kappa shape index (κ1) is 12.6. The molecular weight excluding hydrogens is 262 g/mol. The molecule has 1 aliphatic heterocycles. The Hall–Kier alpha value is -1.39. The number of rotatable bonds is 2. The van der Waals surface area contributed by atoms with Gasteiger partial charge in [-0.3, -0.25) is 0 Å². The minimum atomic E-state index is 0.0988. The van der Waals surface area contributed by atoms with Crippen molar-refractivity contribution in [2.45, 2.75) is 25.3 Å². The number of aliphatic hydroxyl groups excluding tert-OH is 1. The Kier molecular flexibility index (Phi) is 3.53. The fourth-order valence-corrected chi connectivity index (χ4v) is 2.86. The van der Waals surface area contributed by atoms with Gasteiger partial charge in [-0.05, 0) is 31.4 Å². The number of aromatic nitrogens is 2. The van der Waals surface area contributed by atoms with Crippen LogP contribution in [0.25, 0.3) is 11.0 Å². The summed E-state index contributed by atoms with van der Waals surface area (Å²) in [6.45, 7) is 1.00. The Morgan fingerprint density at radius 3 is 2.68 bits per heavy atom. The van der Waals surface area contributed by atoms with Gasteiger partial charge in [-0.15, -0.1) is 0 Å². The highest BCUT2D eigenvalue weighted by Crippen LogP contribution is 2.29. The van der Waals surface area contributed by atoms with Gasteiger partial charge in [0.25, 0.3) is 0 Å². The van der Waals surface area contributed by atoms with E-state index in [1.807, 2.05) is 24.3 Å². The Morgan fingerprint density at radius 1 is 1.21 bits per heavy atom. The number of piperidine rings is 1. The Balaban J connectivity index is 2.05. The Labute approximate surface area is 117 Å². The van der Waals surface area contributed by atoms with Crippen molar-refractivity contribution < 1.29 is 5.11 Å². The third kappa shape index (κ3) is 2.38. The minimum Gasteiger partial charge on any atom is -0.394 e. The van der Waals surface area contributed by atoms with Crippen LogP contribution in [0.2, 0.25) is 5.15 Å². The number of aliphatic hydroxyl groups is 1. The lowest BCUT2D eigenvalue weighted by Crippen LogP contribution is -2.42. The fourth-order valence-electron chi connectivity index (χ4n) is 2.62. The number of nitrogens with zero attached hydrogens (tertiary/aromatic N) is 3. The highest BCUT2D eigenvalue weighted by Gasteiger charge is 2.25. The molecule has 5 heteroatoms. The van der Waals surface area contributed by atoms with E-state index in [0.717, 1.165) is 36.8 Å². The number of benzene rings is 1. The monoisotopic (exact) mass is 277 g/mol. The van der Waals surface area contributed by atoms with Gasteiger partial charge in [-0.25, -0.2) is 9.97 Å². The third-order valence-electron chi connectivity index (χ3n) is 3.62. The quantitative estimate of drug-likeness (QED) is 0.917. The number of anilines is 1. The number of hydrogen-bond acceptors (Lipinski definition) is 4. The fraction of sp³-hybridized carbons (Fsp3) is 0.429. The molecule has 1 fully saturated rings. The maximum atomic E-state index is 9.49. The van der Waals surface area contributed by atoms with Gasteiger partial charge >= 0.3 is 0 Å². The van der Waals surface area contributed by atoms with Crippen LogP contribution in [0, 0.1) is 0 Å². The van der Waals surface area contributed by atoms with Crippen molar-refractivity contribution >= 4 is 28.5 Å². The zero-order valence-electron chi connectivity index (χ0n) is 10.6. The summed E-state index contributed by atoms with van der Waals surface area (Å²) in [7, 11) is 0. The second kappa shape index (κ2) is 5.31. The third-order valence-corrected chi connectivity index (χ3v) is 3.87. The van der Waals surface area contributed by atoms with Crippen LogP contribution in [0.5, 0.6) is 0 Å². The van der Waals surface area contributed by atoms with E-state index in [1.165, 1.54) is 0 Å². The predicted molar refractivity (Wildman–Crippen MR) is 76.6 cm³/mol. The molecule has 0 saturated carbocycles. The summed E-state index contributed by atoms with van der Waals surface area (Å²) in [5.74, 6) is 0.694. The summed E-state index contributed by atoms with van der Waals surface area (Å²) in [6, 6.07) is 7.79. The molecule has 0 unspecified atom stereocenters. The molecule has 3 rings (SSSR count). The SMILES string of the molecule is OC[C@@H]1CCCCN1c1nc2ccccc2nc1Cl. The number of halogens is 1. The molecule has 2 aromatic rings. The number of para-hydroxylation sites is 2.